The molecule has 0 bridgehead atoms. The van der Waals surface area contributed by atoms with Crippen LogP contribution in [-0.4, -0.2) is 28.1 Å². The first-order chi connectivity index (χ1) is 14.0. The lowest BCUT2D eigenvalue weighted by Crippen LogP contribution is -2.34. The lowest BCUT2D eigenvalue weighted by atomic mass is 10.2. The molecule has 0 saturated heterocycles. The van der Waals surface area contributed by atoms with Crippen LogP contribution in [0, 0.1) is 6.92 Å². The second-order valence-corrected chi connectivity index (χ2v) is 7.45. The number of anilines is 2. The van der Waals surface area contributed by atoms with Gasteiger partial charge in [0, 0.05) is 23.7 Å². The summed E-state index contributed by atoms with van der Waals surface area (Å²) in [5.41, 5.74) is 2.29. The van der Waals surface area contributed by atoms with E-state index in [-0.39, 0.29) is 11.8 Å². The third-order valence-corrected chi connectivity index (χ3v) is 5.26. The summed E-state index contributed by atoms with van der Waals surface area (Å²) < 4.78 is 10.6. The first-order valence-corrected chi connectivity index (χ1v) is 9.91. The number of hydrogen-bond acceptors (Lipinski definition) is 7. The Bertz CT molecular complexity index is 1080. The van der Waals surface area contributed by atoms with Gasteiger partial charge in [0.15, 0.2) is 6.10 Å². The number of pyridine rings is 1. The number of thioether (sulfide) groups is 1. The third kappa shape index (κ3) is 4.24. The zero-order valence-corrected chi connectivity index (χ0v) is 16.6. The highest BCUT2D eigenvalue weighted by Crippen LogP contribution is 2.32. The Labute approximate surface area is 171 Å². The molecule has 1 atom stereocenters. The molecule has 3 aromatic rings. The third-order valence-electron chi connectivity index (χ3n) is 4.22. The van der Waals surface area contributed by atoms with E-state index >= 15 is 0 Å². The largest absolute Gasteiger partial charge is 0.479 e. The van der Waals surface area contributed by atoms with Crippen LogP contribution in [0.2, 0.25) is 0 Å². The SMILES string of the molecule is Cc1cc(CSc2ncccc2C(=O)Nc2ccc3c(c2)NC(=O)[C@H](C)O3)no1. The molecule has 1 aliphatic heterocycles. The van der Waals surface area contributed by atoms with Gasteiger partial charge in [-0.05, 0) is 44.2 Å². The van der Waals surface area contributed by atoms with E-state index in [0.717, 1.165) is 11.5 Å². The van der Waals surface area contributed by atoms with E-state index in [0.29, 0.717) is 33.5 Å². The summed E-state index contributed by atoms with van der Waals surface area (Å²) >= 11 is 1.40. The van der Waals surface area contributed by atoms with Crippen molar-refractivity contribution in [2.75, 3.05) is 10.6 Å². The Morgan fingerprint density at radius 2 is 2.17 bits per heavy atom. The second kappa shape index (κ2) is 7.96. The number of hydrogen-bond donors (Lipinski definition) is 2. The summed E-state index contributed by atoms with van der Waals surface area (Å²) in [6.45, 7) is 3.50. The lowest BCUT2D eigenvalue weighted by molar-refractivity contribution is -0.122. The van der Waals surface area contributed by atoms with Crippen LogP contribution in [0.15, 0.2) is 52.1 Å². The second-order valence-electron chi connectivity index (χ2n) is 6.49. The number of amides is 2. The maximum atomic E-state index is 12.8. The zero-order chi connectivity index (χ0) is 20.4. The number of carbonyl (C=O) groups is 2. The van der Waals surface area contributed by atoms with Crippen LogP contribution in [-0.2, 0) is 10.5 Å². The standard InChI is InChI=1S/C20H18N4O4S/c1-11-8-14(24-28-11)10-29-20-15(4-3-7-21-20)19(26)22-13-5-6-17-16(9-13)23-18(25)12(2)27-17/h3-9,12H,10H2,1-2H3,(H,22,26)(H,23,25)/t12-/m0/s1. The van der Waals surface area contributed by atoms with Gasteiger partial charge in [0.05, 0.1) is 16.9 Å². The van der Waals surface area contributed by atoms with Gasteiger partial charge in [-0.1, -0.05) is 16.9 Å². The molecule has 9 heteroatoms. The molecule has 2 aromatic heterocycles. The van der Waals surface area contributed by atoms with E-state index in [1.54, 1.807) is 43.5 Å². The number of nitrogens with one attached hydrogen (secondary N) is 2. The fourth-order valence-corrected chi connectivity index (χ4v) is 3.66. The van der Waals surface area contributed by atoms with Gasteiger partial charge in [0.2, 0.25) is 0 Å². The Morgan fingerprint density at radius 3 is 2.97 bits per heavy atom. The van der Waals surface area contributed by atoms with Crippen molar-refractivity contribution in [2.24, 2.45) is 0 Å². The molecule has 1 aliphatic rings. The van der Waals surface area contributed by atoms with Crippen molar-refractivity contribution in [2.45, 2.75) is 30.7 Å². The highest BCUT2D eigenvalue weighted by atomic mass is 32.2. The molecule has 29 heavy (non-hydrogen) atoms. The molecule has 4 rings (SSSR count). The Balaban J connectivity index is 1.49. The molecular weight excluding hydrogens is 392 g/mol. The number of nitrogens with zero attached hydrogens (tertiary/aromatic N) is 2. The monoisotopic (exact) mass is 410 g/mol. The molecule has 0 radical (unpaired) electrons. The van der Waals surface area contributed by atoms with Gasteiger partial charge >= 0.3 is 0 Å². The molecule has 0 spiro atoms. The minimum atomic E-state index is -0.550. The first kappa shape index (κ1) is 19.0. The van der Waals surface area contributed by atoms with Crippen molar-refractivity contribution in [3.63, 3.8) is 0 Å². The van der Waals surface area contributed by atoms with Crippen molar-refractivity contribution < 1.29 is 18.8 Å². The highest BCUT2D eigenvalue weighted by Gasteiger charge is 2.24. The Hall–Kier alpha value is -3.33. The smallest absolute Gasteiger partial charge is 0.265 e. The number of rotatable bonds is 5. The summed E-state index contributed by atoms with van der Waals surface area (Å²) in [5, 5.41) is 10.2. The molecule has 0 fully saturated rings. The molecule has 1 aromatic carbocycles. The molecule has 3 heterocycles. The maximum Gasteiger partial charge on any atom is 0.265 e. The summed E-state index contributed by atoms with van der Waals surface area (Å²) in [6.07, 6.45) is 1.09. The van der Waals surface area contributed by atoms with E-state index < -0.39 is 6.10 Å². The number of aryl methyl sites for hydroxylation is 1. The van der Waals surface area contributed by atoms with Crippen molar-refractivity contribution in [1.82, 2.24) is 10.1 Å². The van der Waals surface area contributed by atoms with Gasteiger partial charge < -0.3 is 19.9 Å². The number of aromatic nitrogens is 2. The number of carbonyl (C=O) groups excluding carboxylic acids is 2. The molecule has 0 unspecified atom stereocenters. The number of benzene rings is 1. The maximum absolute atomic E-state index is 12.8. The average Bonchev–Trinajstić information content (AvgIpc) is 3.13. The minimum absolute atomic E-state index is 0.227. The van der Waals surface area contributed by atoms with Crippen LogP contribution in [0.4, 0.5) is 11.4 Å². The van der Waals surface area contributed by atoms with Crippen molar-refractivity contribution in [3.05, 3.63) is 59.6 Å². The van der Waals surface area contributed by atoms with E-state index in [1.165, 1.54) is 11.8 Å². The molecule has 2 N–H and O–H groups in total. The van der Waals surface area contributed by atoms with Gasteiger partial charge in [-0.3, -0.25) is 9.59 Å². The Kier molecular flexibility index (Phi) is 5.22. The summed E-state index contributed by atoms with van der Waals surface area (Å²) in [7, 11) is 0. The quantitative estimate of drug-likeness (QED) is 0.619. The fraction of sp³-hybridized carbons (Fsp3) is 0.200. The van der Waals surface area contributed by atoms with Gasteiger partial charge in [0.1, 0.15) is 16.5 Å². The Morgan fingerprint density at radius 1 is 1.31 bits per heavy atom. The minimum Gasteiger partial charge on any atom is -0.479 e. The summed E-state index contributed by atoms with van der Waals surface area (Å²) in [4.78, 5) is 28.9. The van der Waals surface area contributed by atoms with Crippen LogP contribution >= 0.6 is 11.8 Å². The van der Waals surface area contributed by atoms with Crippen molar-refractivity contribution >= 4 is 35.0 Å². The highest BCUT2D eigenvalue weighted by molar-refractivity contribution is 7.98. The van der Waals surface area contributed by atoms with Crippen LogP contribution in [0.3, 0.4) is 0 Å². The van der Waals surface area contributed by atoms with Crippen molar-refractivity contribution in [1.29, 1.82) is 0 Å². The normalized spacial score (nSPS) is 15.2. The predicted octanol–water partition coefficient (Wildman–Crippen LogP) is 3.64. The van der Waals surface area contributed by atoms with Gasteiger partial charge in [0.25, 0.3) is 11.8 Å². The molecule has 8 nitrogen and oxygen atoms in total. The van der Waals surface area contributed by atoms with Gasteiger partial charge in [-0.25, -0.2) is 4.98 Å². The van der Waals surface area contributed by atoms with Crippen LogP contribution < -0.4 is 15.4 Å². The van der Waals surface area contributed by atoms with Crippen LogP contribution in [0.1, 0.15) is 28.7 Å². The number of fused-ring (bicyclic) bond motifs is 1. The van der Waals surface area contributed by atoms with E-state index in [9.17, 15) is 9.59 Å². The zero-order valence-electron chi connectivity index (χ0n) is 15.8. The summed E-state index contributed by atoms with van der Waals surface area (Å²) in [5.74, 6) is 1.31. The van der Waals surface area contributed by atoms with Crippen molar-refractivity contribution in [3.8, 4) is 5.75 Å². The molecule has 148 valence electrons. The molecule has 2 amide bonds. The van der Waals surface area contributed by atoms with Crippen LogP contribution in [0.25, 0.3) is 0 Å². The molecule has 0 aliphatic carbocycles. The van der Waals surface area contributed by atoms with E-state index in [4.69, 9.17) is 9.26 Å². The topological polar surface area (TPSA) is 106 Å². The van der Waals surface area contributed by atoms with Gasteiger partial charge in [-0.15, -0.1) is 0 Å². The summed E-state index contributed by atoms with van der Waals surface area (Å²) in [6, 6.07) is 10.4. The number of ether oxygens (including phenoxy) is 1. The predicted molar refractivity (Wildman–Crippen MR) is 108 cm³/mol. The van der Waals surface area contributed by atoms with Gasteiger partial charge in [-0.2, -0.15) is 0 Å². The first-order valence-electron chi connectivity index (χ1n) is 8.92. The van der Waals surface area contributed by atoms with Crippen LogP contribution in [0.5, 0.6) is 5.75 Å². The molecular formula is C20H18N4O4S. The molecule has 0 saturated carbocycles. The fourth-order valence-electron chi connectivity index (χ4n) is 2.79. The van der Waals surface area contributed by atoms with E-state index in [2.05, 4.69) is 20.8 Å². The average molecular weight is 410 g/mol. The van der Waals surface area contributed by atoms with E-state index in [1.807, 2.05) is 13.0 Å². The lowest BCUT2D eigenvalue weighted by Gasteiger charge is -2.23.